The molecule has 0 saturated heterocycles. The van der Waals surface area contributed by atoms with Gasteiger partial charge >= 0.3 is 0 Å². The zero-order chi connectivity index (χ0) is 9.97. The second-order valence-electron chi connectivity index (χ2n) is 3.78. The highest BCUT2D eigenvalue weighted by atomic mass is 35.5. The molecule has 0 bridgehead atoms. The zero-order valence-corrected chi connectivity index (χ0v) is 8.67. The minimum atomic E-state index is 0.352. The summed E-state index contributed by atoms with van der Waals surface area (Å²) in [5, 5.41) is 3.93. The molecule has 2 atom stereocenters. The van der Waals surface area contributed by atoms with Gasteiger partial charge in [-0.15, -0.1) is 0 Å². The van der Waals surface area contributed by atoms with Crippen LogP contribution in [0.2, 0.25) is 5.15 Å². The maximum Gasteiger partial charge on any atom is 0.131 e. The summed E-state index contributed by atoms with van der Waals surface area (Å²) in [6.45, 7) is 0. The average molecular weight is 212 g/mol. The molecule has 1 saturated carbocycles. The molecule has 1 fully saturated rings. The Morgan fingerprint density at radius 3 is 3.00 bits per heavy atom. The first-order chi connectivity index (χ1) is 6.74. The molecule has 1 aliphatic rings. The Morgan fingerprint density at radius 2 is 2.36 bits per heavy atom. The fraction of sp³-hybridized carbons (Fsp3) is 0.500. The van der Waals surface area contributed by atoms with E-state index in [0.29, 0.717) is 17.2 Å². The summed E-state index contributed by atoms with van der Waals surface area (Å²) in [4.78, 5) is 3.93. The van der Waals surface area contributed by atoms with Crippen molar-refractivity contribution in [1.82, 2.24) is 4.98 Å². The number of rotatable bonds is 2. The van der Waals surface area contributed by atoms with Crippen LogP contribution in [-0.4, -0.2) is 17.1 Å². The number of anilines is 1. The van der Waals surface area contributed by atoms with Gasteiger partial charge < -0.3 is 11.1 Å². The van der Waals surface area contributed by atoms with E-state index < -0.39 is 0 Å². The second-order valence-corrected chi connectivity index (χ2v) is 4.17. The molecule has 2 rings (SSSR count). The lowest BCUT2D eigenvalue weighted by Gasteiger charge is -2.13. The summed E-state index contributed by atoms with van der Waals surface area (Å²) in [5.74, 6) is 0. The fourth-order valence-electron chi connectivity index (χ4n) is 1.88. The number of hydrogen-bond donors (Lipinski definition) is 2. The third-order valence-corrected chi connectivity index (χ3v) is 2.78. The van der Waals surface area contributed by atoms with E-state index in [9.17, 15) is 0 Å². The monoisotopic (exact) mass is 211 g/mol. The zero-order valence-electron chi connectivity index (χ0n) is 7.91. The highest BCUT2D eigenvalue weighted by Gasteiger charge is 2.21. The molecule has 1 heterocycles. The molecule has 0 radical (unpaired) electrons. The van der Waals surface area contributed by atoms with E-state index in [1.165, 1.54) is 0 Å². The van der Waals surface area contributed by atoms with E-state index >= 15 is 0 Å². The Bertz CT molecular complexity index is 316. The summed E-state index contributed by atoms with van der Waals surface area (Å²) in [6.07, 6.45) is 5.00. The molecule has 14 heavy (non-hydrogen) atoms. The number of aromatic nitrogens is 1. The van der Waals surface area contributed by atoms with Crippen molar-refractivity contribution in [2.45, 2.75) is 31.3 Å². The Labute approximate surface area is 88.7 Å². The van der Waals surface area contributed by atoms with Gasteiger partial charge in [0.15, 0.2) is 0 Å². The number of halogens is 1. The predicted octanol–water partition coefficient (Wildman–Crippen LogP) is 2.03. The van der Waals surface area contributed by atoms with Crippen molar-refractivity contribution in [3.8, 4) is 0 Å². The summed E-state index contributed by atoms with van der Waals surface area (Å²) in [7, 11) is 0. The summed E-state index contributed by atoms with van der Waals surface area (Å²) < 4.78 is 0. The lowest BCUT2D eigenvalue weighted by atomic mass is 10.2. The Balaban J connectivity index is 1.97. The molecule has 1 aliphatic carbocycles. The van der Waals surface area contributed by atoms with E-state index in [2.05, 4.69) is 10.3 Å². The molecule has 0 spiro atoms. The van der Waals surface area contributed by atoms with Gasteiger partial charge in [0.25, 0.3) is 0 Å². The summed E-state index contributed by atoms with van der Waals surface area (Å²) >= 11 is 5.78. The lowest BCUT2D eigenvalue weighted by molar-refractivity contribution is 0.688. The number of nitrogens with one attached hydrogen (secondary N) is 1. The third-order valence-electron chi connectivity index (χ3n) is 2.57. The Hall–Kier alpha value is -0.800. The molecule has 0 aromatic carbocycles. The topological polar surface area (TPSA) is 50.9 Å². The lowest BCUT2D eigenvalue weighted by Crippen LogP contribution is -2.20. The van der Waals surface area contributed by atoms with Crippen LogP contribution in [0.15, 0.2) is 18.3 Å². The maximum absolute atomic E-state index is 5.83. The maximum atomic E-state index is 5.83. The first-order valence-corrected chi connectivity index (χ1v) is 5.25. The number of nitrogens with two attached hydrogens (primary N) is 1. The molecule has 4 heteroatoms. The van der Waals surface area contributed by atoms with E-state index in [1.807, 2.05) is 12.1 Å². The smallest absolute Gasteiger partial charge is 0.131 e. The highest BCUT2D eigenvalue weighted by molar-refractivity contribution is 6.29. The molecule has 3 nitrogen and oxygen atoms in total. The first kappa shape index (κ1) is 9.74. The van der Waals surface area contributed by atoms with Gasteiger partial charge in [0.2, 0.25) is 0 Å². The largest absolute Gasteiger partial charge is 0.382 e. The minimum absolute atomic E-state index is 0.352. The van der Waals surface area contributed by atoms with Crippen LogP contribution in [0.25, 0.3) is 0 Å². The van der Waals surface area contributed by atoms with Crippen molar-refractivity contribution < 1.29 is 0 Å². The molecule has 3 N–H and O–H groups in total. The normalized spacial score (nSPS) is 26.4. The highest BCUT2D eigenvalue weighted by Crippen LogP contribution is 2.22. The molecular formula is C10H14ClN3. The van der Waals surface area contributed by atoms with Crippen LogP contribution in [0.3, 0.4) is 0 Å². The molecular weight excluding hydrogens is 198 g/mol. The fourth-order valence-corrected chi connectivity index (χ4v) is 2.05. The SMILES string of the molecule is NC1CCC(Nc2ccnc(Cl)c2)C1. The predicted molar refractivity (Wildman–Crippen MR) is 58.5 cm³/mol. The van der Waals surface area contributed by atoms with E-state index in [1.54, 1.807) is 6.20 Å². The molecule has 1 aromatic heterocycles. The van der Waals surface area contributed by atoms with Crippen molar-refractivity contribution >= 4 is 17.3 Å². The van der Waals surface area contributed by atoms with Gasteiger partial charge in [-0.05, 0) is 31.4 Å². The van der Waals surface area contributed by atoms with E-state index in [0.717, 1.165) is 24.9 Å². The summed E-state index contributed by atoms with van der Waals surface area (Å²) in [5.41, 5.74) is 6.86. The molecule has 0 aliphatic heterocycles. The van der Waals surface area contributed by atoms with Gasteiger partial charge in [0.1, 0.15) is 5.15 Å². The van der Waals surface area contributed by atoms with Crippen molar-refractivity contribution in [2.24, 2.45) is 5.73 Å². The molecule has 2 unspecified atom stereocenters. The van der Waals surface area contributed by atoms with Crippen LogP contribution in [0, 0.1) is 0 Å². The van der Waals surface area contributed by atoms with Crippen molar-refractivity contribution in [3.63, 3.8) is 0 Å². The number of nitrogens with zero attached hydrogens (tertiary/aromatic N) is 1. The van der Waals surface area contributed by atoms with Crippen LogP contribution >= 0.6 is 11.6 Å². The first-order valence-electron chi connectivity index (χ1n) is 4.88. The molecule has 1 aromatic rings. The average Bonchev–Trinajstić information content (AvgIpc) is 2.51. The van der Waals surface area contributed by atoms with Crippen LogP contribution < -0.4 is 11.1 Å². The van der Waals surface area contributed by atoms with Gasteiger partial charge in [0, 0.05) is 24.0 Å². The van der Waals surface area contributed by atoms with Crippen LogP contribution in [0.4, 0.5) is 5.69 Å². The Morgan fingerprint density at radius 1 is 1.50 bits per heavy atom. The van der Waals surface area contributed by atoms with Gasteiger partial charge in [0.05, 0.1) is 0 Å². The van der Waals surface area contributed by atoms with Gasteiger partial charge in [-0.2, -0.15) is 0 Å². The quantitative estimate of drug-likeness (QED) is 0.736. The number of pyridine rings is 1. The van der Waals surface area contributed by atoms with E-state index in [4.69, 9.17) is 17.3 Å². The van der Waals surface area contributed by atoms with Crippen molar-refractivity contribution in [3.05, 3.63) is 23.5 Å². The third kappa shape index (κ3) is 2.36. The van der Waals surface area contributed by atoms with Gasteiger partial charge in [-0.25, -0.2) is 4.98 Å². The van der Waals surface area contributed by atoms with Crippen molar-refractivity contribution in [1.29, 1.82) is 0 Å². The Kier molecular flexibility index (Phi) is 2.89. The van der Waals surface area contributed by atoms with Gasteiger partial charge in [-0.3, -0.25) is 0 Å². The second kappa shape index (κ2) is 4.15. The van der Waals surface area contributed by atoms with E-state index in [-0.39, 0.29) is 0 Å². The molecule has 76 valence electrons. The standard InChI is InChI=1S/C10H14ClN3/c11-10-6-9(3-4-13-10)14-8-2-1-7(12)5-8/h3-4,6-8H,1-2,5,12H2,(H,13,14). The van der Waals surface area contributed by atoms with Crippen LogP contribution in [-0.2, 0) is 0 Å². The van der Waals surface area contributed by atoms with Crippen LogP contribution in [0.1, 0.15) is 19.3 Å². The molecule has 0 amide bonds. The minimum Gasteiger partial charge on any atom is -0.382 e. The summed E-state index contributed by atoms with van der Waals surface area (Å²) in [6, 6.07) is 4.61. The van der Waals surface area contributed by atoms with Crippen LogP contribution in [0.5, 0.6) is 0 Å². The number of hydrogen-bond acceptors (Lipinski definition) is 3. The van der Waals surface area contributed by atoms with Gasteiger partial charge in [-0.1, -0.05) is 11.6 Å². The van der Waals surface area contributed by atoms with Crippen molar-refractivity contribution in [2.75, 3.05) is 5.32 Å².